The van der Waals surface area contributed by atoms with Gasteiger partial charge in [0.1, 0.15) is 0 Å². The molecule has 2 aliphatic carbocycles. The number of halogens is 1. The minimum absolute atomic E-state index is 0.0136. The van der Waals surface area contributed by atoms with Gasteiger partial charge in [0.15, 0.2) is 0 Å². The van der Waals surface area contributed by atoms with Crippen LogP contribution in [0.4, 0.5) is 0 Å². The quantitative estimate of drug-likeness (QED) is 0.856. The van der Waals surface area contributed by atoms with Crippen LogP contribution in [0.25, 0.3) is 0 Å². The van der Waals surface area contributed by atoms with E-state index in [-0.39, 0.29) is 5.54 Å². The largest absolute Gasteiger partial charge is 0.312 e. The van der Waals surface area contributed by atoms with Gasteiger partial charge in [-0.15, -0.1) is 0 Å². The van der Waals surface area contributed by atoms with E-state index in [4.69, 9.17) is 11.6 Å². The number of nitrogens with one attached hydrogen (secondary N) is 2. The molecule has 0 aromatic heterocycles. The van der Waals surface area contributed by atoms with Crippen molar-refractivity contribution in [1.29, 1.82) is 0 Å². The molecule has 2 aliphatic rings. The Morgan fingerprint density at radius 2 is 1.95 bits per heavy atom. The number of rotatable bonds is 5. The molecule has 3 rings (SSSR count). The van der Waals surface area contributed by atoms with Crippen molar-refractivity contribution in [2.75, 3.05) is 13.6 Å². The highest BCUT2D eigenvalue weighted by molar-refractivity contribution is 6.31. The Hall–Kier alpha value is -0.570. The van der Waals surface area contributed by atoms with E-state index in [0.717, 1.165) is 17.4 Å². The first-order valence-corrected chi connectivity index (χ1v) is 8.81. The van der Waals surface area contributed by atoms with Crippen molar-refractivity contribution >= 4 is 11.6 Å². The van der Waals surface area contributed by atoms with Crippen molar-refractivity contribution in [1.82, 2.24) is 10.6 Å². The summed E-state index contributed by atoms with van der Waals surface area (Å²) in [6.07, 6.45) is 9.20. The summed E-state index contributed by atoms with van der Waals surface area (Å²) in [7, 11) is 2.09. The fourth-order valence-corrected chi connectivity index (χ4v) is 4.34. The van der Waals surface area contributed by atoms with Crippen LogP contribution in [-0.4, -0.2) is 19.6 Å². The van der Waals surface area contributed by atoms with E-state index in [0.29, 0.717) is 6.04 Å². The molecule has 0 bridgehead atoms. The Morgan fingerprint density at radius 3 is 2.62 bits per heavy atom. The van der Waals surface area contributed by atoms with Gasteiger partial charge < -0.3 is 10.6 Å². The summed E-state index contributed by atoms with van der Waals surface area (Å²) in [5.41, 5.74) is 1.25. The van der Waals surface area contributed by atoms with Gasteiger partial charge in [0.2, 0.25) is 0 Å². The van der Waals surface area contributed by atoms with Gasteiger partial charge in [-0.2, -0.15) is 0 Å². The number of benzene rings is 1. The molecule has 2 fully saturated rings. The zero-order chi connectivity index (χ0) is 14.7. The van der Waals surface area contributed by atoms with E-state index in [1.807, 2.05) is 12.1 Å². The number of hydrogen-bond acceptors (Lipinski definition) is 2. The van der Waals surface area contributed by atoms with E-state index >= 15 is 0 Å². The third-order valence-electron chi connectivity index (χ3n) is 5.59. The van der Waals surface area contributed by atoms with Gasteiger partial charge in [0.25, 0.3) is 0 Å². The Labute approximate surface area is 133 Å². The van der Waals surface area contributed by atoms with Gasteiger partial charge in [-0.05, 0) is 56.8 Å². The van der Waals surface area contributed by atoms with Crippen molar-refractivity contribution in [3.05, 3.63) is 34.9 Å². The van der Waals surface area contributed by atoms with Crippen molar-refractivity contribution < 1.29 is 0 Å². The molecular formula is C18H27ClN2. The lowest BCUT2D eigenvalue weighted by atomic mass is 9.72. The lowest BCUT2D eigenvalue weighted by molar-refractivity contribution is 0.162. The maximum atomic E-state index is 6.52. The third kappa shape index (κ3) is 2.99. The Kier molecular flexibility index (Phi) is 4.88. The molecule has 1 aromatic carbocycles. The zero-order valence-electron chi connectivity index (χ0n) is 13.0. The highest BCUT2D eigenvalue weighted by Gasteiger charge is 2.42. The Balaban J connectivity index is 1.83. The van der Waals surface area contributed by atoms with Crippen LogP contribution in [0.15, 0.2) is 24.3 Å². The molecule has 2 atom stereocenters. The standard InChI is InChI=1S/C18H27ClN2/c1-20-18(15-9-2-3-10-16(15)19)12-5-4-11-17(18)21-13-14-7-6-8-14/h2-3,9-10,14,17,20-21H,4-8,11-13H2,1H3/t17-,18+/m0/s1. The number of hydrogen-bond donors (Lipinski definition) is 2. The maximum Gasteiger partial charge on any atom is 0.0602 e. The fraction of sp³-hybridized carbons (Fsp3) is 0.667. The molecule has 2 nitrogen and oxygen atoms in total. The first-order chi connectivity index (χ1) is 10.3. The monoisotopic (exact) mass is 306 g/mol. The Morgan fingerprint density at radius 1 is 1.14 bits per heavy atom. The van der Waals surface area contributed by atoms with Gasteiger partial charge in [-0.1, -0.05) is 49.1 Å². The van der Waals surface area contributed by atoms with E-state index in [1.165, 1.54) is 50.6 Å². The van der Waals surface area contributed by atoms with Crippen LogP contribution < -0.4 is 10.6 Å². The van der Waals surface area contributed by atoms with Gasteiger partial charge in [-0.25, -0.2) is 0 Å². The molecule has 0 saturated heterocycles. The third-order valence-corrected chi connectivity index (χ3v) is 5.92. The molecule has 1 aromatic rings. The lowest BCUT2D eigenvalue weighted by Crippen LogP contribution is -2.58. The second-order valence-corrected chi connectivity index (χ2v) is 7.11. The van der Waals surface area contributed by atoms with Gasteiger partial charge >= 0.3 is 0 Å². The normalized spacial score (nSPS) is 30.1. The molecule has 0 spiro atoms. The van der Waals surface area contributed by atoms with Crippen molar-refractivity contribution in [3.63, 3.8) is 0 Å². The van der Waals surface area contributed by atoms with Crippen LogP contribution >= 0.6 is 11.6 Å². The lowest BCUT2D eigenvalue weighted by Gasteiger charge is -2.46. The average molecular weight is 307 g/mol. The van der Waals surface area contributed by atoms with E-state index in [1.54, 1.807) is 0 Å². The van der Waals surface area contributed by atoms with Gasteiger partial charge in [-0.3, -0.25) is 0 Å². The summed E-state index contributed by atoms with van der Waals surface area (Å²) in [6, 6.07) is 8.83. The predicted octanol–water partition coefficient (Wildman–Crippen LogP) is 4.09. The zero-order valence-corrected chi connectivity index (χ0v) is 13.8. The first-order valence-electron chi connectivity index (χ1n) is 8.43. The molecule has 2 N–H and O–H groups in total. The molecular weight excluding hydrogens is 280 g/mol. The highest BCUT2D eigenvalue weighted by atomic mass is 35.5. The second-order valence-electron chi connectivity index (χ2n) is 6.70. The van der Waals surface area contributed by atoms with Gasteiger partial charge in [0, 0.05) is 11.1 Å². The molecule has 2 saturated carbocycles. The van der Waals surface area contributed by atoms with Crippen LogP contribution in [0.1, 0.15) is 50.5 Å². The highest BCUT2D eigenvalue weighted by Crippen LogP contribution is 2.40. The minimum atomic E-state index is -0.0136. The first kappa shape index (κ1) is 15.3. The van der Waals surface area contributed by atoms with Crippen LogP contribution in [0, 0.1) is 5.92 Å². The summed E-state index contributed by atoms with van der Waals surface area (Å²) < 4.78 is 0. The van der Waals surface area contributed by atoms with Crippen molar-refractivity contribution in [2.45, 2.75) is 56.5 Å². The van der Waals surface area contributed by atoms with Crippen LogP contribution in [0.2, 0.25) is 5.02 Å². The van der Waals surface area contributed by atoms with Crippen LogP contribution in [-0.2, 0) is 5.54 Å². The van der Waals surface area contributed by atoms with Crippen molar-refractivity contribution in [2.24, 2.45) is 5.92 Å². The summed E-state index contributed by atoms with van der Waals surface area (Å²) in [5.74, 6) is 0.896. The summed E-state index contributed by atoms with van der Waals surface area (Å²) >= 11 is 6.52. The maximum absolute atomic E-state index is 6.52. The second kappa shape index (κ2) is 6.68. The molecule has 0 unspecified atom stereocenters. The van der Waals surface area contributed by atoms with Crippen LogP contribution in [0.3, 0.4) is 0 Å². The summed E-state index contributed by atoms with van der Waals surface area (Å²) in [6.45, 7) is 1.17. The van der Waals surface area contributed by atoms with Crippen molar-refractivity contribution in [3.8, 4) is 0 Å². The molecule has 3 heteroatoms. The summed E-state index contributed by atoms with van der Waals surface area (Å²) in [5, 5.41) is 8.40. The molecule has 0 heterocycles. The SMILES string of the molecule is CN[C@@]1(c2ccccc2Cl)CCCC[C@@H]1NCC1CCC1. The fourth-order valence-electron chi connectivity index (χ4n) is 4.03. The molecule has 21 heavy (non-hydrogen) atoms. The topological polar surface area (TPSA) is 24.1 Å². The van der Waals surface area contributed by atoms with E-state index in [9.17, 15) is 0 Å². The Bertz CT molecular complexity index is 472. The molecule has 0 amide bonds. The molecule has 116 valence electrons. The van der Waals surface area contributed by atoms with E-state index in [2.05, 4.69) is 29.8 Å². The predicted molar refractivity (Wildman–Crippen MR) is 89.8 cm³/mol. The summed E-state index contributed by atoms with van der Waals surface area (Å²) in [4.78, 5) is 0. The molecule has 0 aliphatic heterocycles. The van der Waals surface area contributed by atoms with E-state index < -0.39 is 0 Å². The average Bonchev–Trinajstić information content (AvgIpc) is 2.47. The molecule has 0 radical (unpaired) electrons. The van der Waals surface area contributed by atoms with Gasteiger partial charge in [0.05, 0.1) is 5.54 Å². The smallest absolute Gasteiger partial charge is 0.0602 e. The van der Waals surface area contributed by atoms with Crippen LogP contribution in [0.5, 0.6) is 0 Å². The number of likely N-dealkylation sites (N-methyl/N-ethyl adjacent to an activating group) is 1. The minimum Gasteiger partial charge on any atom is -0.312 e.